The van der Waals surface area contributed by atoms with Gasteiger partial charge in [0.2, 0.25) is 0 Å². The lowest BCUT2D eigenvalue weighted by molar-refractivity contribution is -0.161. The van der Waals surface area contributed by atoms with Crippen LogP contribution in [0.25, 0.3) is 0 Å². The van der Waals surface area contributed by atoms with Gasteiger partial charge in [0.25, 0.3) is 0 Å². The van der Waals surface area contributed by atoms with E-state index in [9.17, 15) is 43.2 Å². The molecule has 0 rings (SSSR count). The van der Waals surface area contributed by atoms with Crippen LogP contribution in [0, 0.1) is 0 Å². The molecule has 0 saturated heterocycles. The summed E-state index contributed by atoms with van der Waals surface area (Å²) in [6, 6.07) is 0. The third-order valence-electron chi connectivity index (χ3n) is 15.6. The lowest BCUT2D eigenvalue weighted by atomic mass is 10.0. The fraction of sp³-hybridized carbons (Fsp3) is 0.740. The van der Waals surface area contributed by atoms with Gasteiger partial charge in [-0.1, -0.05) is 292 Å². The van der Waals surface area contributed by atoms with Gasteiger partial charge >= 0.3 is 39.5 Å². The summed E-state index contributed by atoms with van der Waals surface area (Å²) < 4.78 is 68.3. The van der Waals surface area contributed by atoms with Gasteiger partial charge in [-0.15, -0.1) is 0 Å². The number of phosphoric ester groups is 2. The Labute approximate surface area is 582 Å². The van der Waals surface area contributed by atoms with Gasteiger partial charge in [-0.05, 0) is 89.9 Å². The van der Waals surface area contributed by atoms with Crippen molar-refractivity contribution in [2.24, 2.45) is 0 Å². The fourth-order valence-electron chi connectivity index (χ4n) is 9.87. The van der Waals surface area contributed by atoms with Gasteiger partial charge < -0.3 is 33.8 Å². The number of phosphoric acid groups is 2. The van der Waals surface area contributed by atoms with Gasteiger partial charge in [0.1, 0.15) is 19.3 Å². The number of allylic oxidation sites excluding steroid dienone is 16. The van der Waals surface area contributed by atoms with E-state index in [0.717, 1.165) is 128 Å². The highest BCUT2D eigenvalue weighted by atomic mass is 31.2. The number of rotatable bonds is 70. The highest BCUT2D eigenvalue weighted by Gasteiger charge is 2.30. The second-order valence-electron chi connectivity index (χ2n) is 24.9. The predicted molar refractivity (Wildman–Crippen MR) is 390 cm³/mol. The standard InChI is InChI=1S/C77H134O17P2/c1-5-9-13-17-21-25-29-32-33-34-35-36-37-40-43-46-50-54-58-62-75(80)88-68-73(94-77(82)64-60-56-52-48-44-39-31-27-23-19-15-11-7-3)70-92-96(85,86)90-66-71(78)65-89-95(83,84)91-69-72(93-76(81)63-59-55-51-47-41-28-24-20-16-12-8-4)67-87-74(79)61-57-53-49-45-42-38-30-26-22-18-14-10-6-2/h9,13,15,19,21,25,27,31-33,35-36,40,43,50,54,71-73,78H,5-8,10-12,14,16-18,20,22-24,26,28-30,34,37-39,41-42,44-49,51-53,55-70H2,1-4H3,(H,83,84)(H,85,86)/b13-9-,19-15-,25-21-,31-27-,33-32-,36-35-,43-40-,54-50-. The van der Waals surface area contributed by atoms with Gasteiger partial charge in [-0.3, -0.25) is 37.3 Å². The summed E-state index contributed by atoms with van der Waals surface area (Å²) in [4.78, 5) is 72.7. The van der Waals surface area contributed by atoms with Crippen molar-refractivity contribution in [2.45, 2.75) is 329 Å². The minimum atomic E-state index is -4.99. The molecule has 0 aliphatic carbocycles. The molecule has 0 bridgehead atoms. The van der Waals surface area contributed by atoms with E-state index in [1.807, 2.05) is 18.2 Å². The first-order chi connectivity index (χ1) is 46.7. The summed E-state index contributed by atoms with van der Waals surface area (Å²) in [5, 5.41) is 10.6. The second-order valence-corrected chi connectivity index (χ2v) is 27.8. The molecular weight excluding hydrogens is 1260 g/mol. The van der Waals surface area contributed by atoms with Gasteiger partial charge in [0.15, 0.2) is 12.2 Å². The number of carbonyl (C=O) groups excluding carboxylic acids is 4. The summed E-state index contributed by atoms with van der Waals surface area (Å²) in [6.45, 7) is 4.60. The fourth-order valence-corrected chi connectivity index (χ4v) is 11.5. The van der Waals surface area contributed by atoms with E-state index >= 15 is 0 Å². The van der Waals surface area contributed by atoms with E-state index in [1.54, 1.807) is 0 Å². The summed E-state index contributed by atoms with van der Waals surface area (Å²) >= 11 is 0. The largest absolute Gasteiger partial charge is 0.472 e. The van der Waals surface area contributed by atoms with Crippen LogP contribution in [0.4, 0.5) is 0 Å². The van der Waals surface area contributed by atoms with Crippen LogP contribution in [-0.4, -0.2) is 96.7 Å². The molecule has 0 aliphatic heterocycles. The molecular formula is C77H134O17P2. The van der Waals surface area contributed by atoms with Crippen LogP contribution in [0.15, 0.2) is 97.2 Å². The average molecular weight is 1390 g/mol. The van der Waals surface area contributed by atoms with Gasteiger partial charge in [-0.25, -0.2) is 9.13 Å². The first-order valence-corrected chi connectivity index (χ1v) is 40.5. The minimum absolute atomic E-state index is 0.0332. The molecule has 0 heterocycles. The monoisotopic (exact) mass is 1390 g/mol. The summed E-state index contributed by atoms with van der Waals surface area (Å²) in [6.07, 6.45) is 71.4. The van der Waals surface area contributed by atoms with E-state index < -0.39 is 97.5 Å². The third kappa shape index (κ3) is 68.5. The summed E-state index contributed by atoms with van der Waals surface area (Å²) in [5.74, 6) is -2.27. The maximum Gasteiger partial charge on any atom is 0.472 e. The van der Waals surface area contributed by atoms with Gasteiger partial charge in [-0.2, -0.15) is 0 Å². The highest BCUT2D eigenvalue weighted by Crippen LogP contribution is 2.45. The van der Waals surface area contributed by atoms with Crippen molar-refractivity contribution in [1.82, 2.24) is 0 Å². The van der Waals surface area contributed by atoms with Crippen molar-refractivity contribution in [3.63, 3.8) is 0 Å². The van der Waals surface area contributed by atoms with E-state index in [1.165, 1.54) is 96.3 Å². The van der Waals surface area contributed by atoms with Crippen molar-refractivity contribution in [2.75, 3.05) is 39.6 Å². The Hall–Kier alpha value is -4.02. The van der Waals surface area contributed by atoms with Crippen LogP contribution >= 0.6 is 15.6 Å². The number of esters is 4. The maximum atomic E-state index is 13.0. The molecule has 554 valence electrons. The van der Waals surface area contributed by atoms with E-state index in [2.05, 4.69) is 107 Å². The molecule has 0 fully saturated rings. The Morgan fingerprint density at radius 3 is 0.938 bits per heavy atom. The first-order valence-electron chi connectivity index (χ1n) is 37.5. The van der Waals surface area contributed by atoms with Crippen molar-refractivity contribution in [1.29, 1.82) is 0 Å². The molecule has 17 nitrogen and oxygen atoms in total. The number of unbranched alkanes of at least 4 members (excludes halogenated alkanes) is 28. The second kappa shape index (κ2) is 69.5. The lowest BCUT2D eigenvalue weighted by Crippen LogP contribution is -2.30. The van der Waals surface area contributed by atoms with Crippen LogP contribution in [0.3, 0.4) is 0 Å². The predicted octanol–water partition coefficient (Wildman–Crippen LogP) is 21.2. The number of aliphatic hydroxyl groups is 1. The van der Waals surface area contributed by atoms with E-state index in [0.29, 0.717) is 32.1 Å². The van der Waals surface area contributed by atoms with E-state index in [-0.39, 0.29) is 25.7 Å². The highest BCUT2D eigenvalue weighted by molar-refractivity contribution is 7.47. The van der Waals surface area contributed by atoms with Crippen molar-refractivity contribution in [3.05, 3.63) is 97.2 Å². The Balaban J connectivity index is 5.37. The minimum Gasteiger partial charge on any atom is -0.462 e. The maximum absolute atomic E-state index is 13.0. The Kier molecular flexibility index (Phi) is 66.6. The smallest absolute Gasteiger partial charge is 0.462 e. The van der Waals surface area contributed by atoms with Crippen LogP contribution < -0.4 is 0 Å². The van der Waals surface area contributed by atoms with Gasteiger partial charge in [0, 0.05) is 25.7 Å². The van der Waals surface area contributed by atoms with Crippen molar-refractivity contribution < 1.29 is 80.2 Å². The summed E-state index contributed by atoms with van der Waals surface area (Å²) in [5.41, 5.74) is 0. The molecule has 0 aliphatic rings. The Bertz CT molecular complexity index is 2200. The summed E-state index contributed by atoms with van der Waals surface area (Å²) in [7, 11) is -9.96. The Morgan fingerprint density at radius 2 is 0.583 bits per heavy atom. The molecule has 0 radical (unpaired) electrons. The first kappa shape index (κ1) is 92.0. The number of hydrogen-bond acceptors (Lipinski definition) is 15. The molecule has 0 amide bonds. The number of hydrogen-bond donors (Lipinski definition) is 3. The third-order valence-corrected chi connectivity index (χ3v) is 17.5. The molecule has 5 unspecified atom stereocenters. The molecule has 0 aromatic carbocycles. The normalized spacial score (nSPS) is 14.5. The van der Waals surface area contributed by atoms with Crippen LogP contribution in [0.1, 0.15) is 310 Å². The molecule has 0 saturated carbocycles. The number of ether oxygens (including phenoxy) is 4. The average Bonchev–Trinajstić information content (AvgIpc) is 1.17. The van der Waals surface area contributed by atoms with Crippen LogP contribution in [0.2, 0.25) is 0 Å². The zero-order valence-electron chi connectivity index (χ0n) is 60.3. The number of aliphatic hydroxyl groups excluding tert-OH is 1. The Morgan fingerprint density at radius 1 is 0.302 bits per heavy atom. The molecule has 96 heavy (non-hydrogen) atoms. The zero-order chi connectivity index (χ0) is 70.4. The van der Waals surface area contributed by atoms with Crippen LogP contribution in [0.5, 0.6) is 0 Å². The van der Waals surface area contributed by atoms with Crippen molar-refractivity contribution >= 4 is 39.5 Å². The molecule has 0 aromatic rings. The zero-order valence-corrected chi connectivity index (χ0v) is 62.1. The van der Waals surface area contributed by atoms with Crippen LogP contribution in [-0.2, 0) is 65.4 Å². The lowest BCUT2D eigenvalue weighted by Gasteiger charge is -2.21. The SMILES string of the molecule is CC/C=C\C/C=C\C/C=C\C/C=C\C/C=C\C/C=C\CCC(=O)OCC(COP(=O)(O)OCC(O)COP(=O)(O)OCC(COC(=O)CCCCCCCCCCCCCCC)OC(=O)CCCCCCCCCCCCC)OC(=O)CCCCCCC/C=C\C/C=C\CCC. The topological polar surface area (TPSA) is 237 Å². The molecule has 19 heteroatoms. The van der Waals surface area contributed by atoms with Crippen molar-refractivity contribution in [3.8, 4) is 0 Å². The van der Waals surface area contributed by atoms with Gasteiger partial charge in [0.05, 0.1) is 26.4 Å². The number of carbonyl (C=O) groups is 4. The quantitative estimate of drug-likeness (QED) is 0.0169. The molecule has 5 atom stereocenters. The molecule has 0 spiro atoms. The van der Waals surface area contributed by atoms with E-state index in [4.69, 9.17) is 37.0 Å². The molecule has 3 N–H and O–H groups in total. The molecule has 0 aromatic heterocycles.